The summed E-state index contributed by atoms with van der Waals surface area (Å²) in [5, 5.41) is 2.37. The van der Waals surface area contributed by atoms with Gasteiger partial charge in [0.25, 0.3) is 11.6 Å². The van der Waals surface area contributed by atoms with Gasteiger partial charge in [0, 0.05) is 12.0 Å². The second kappa shape index (κ2) is 4.86. The molecule has 24 heavy (non-hydrogen) atoms. The first-order chi connectivity index (χ1) is 11.4. The lowest BCUT2D eigenvalue weighted by Crippen LogP contribution is -2.53. The summed E-state index contributed by atoms with van der Waals surface area (Å²) in [4.78, 5) is 19.4. The Hall–Kier alpha value is -2.78. The molecule has 1 fully saturated rings. The number of nitrogens with zero attached hydrogens (tertiary/aromatic N) is 3. The van der Waals surface area contributed by atoms with Gasteiger partial charge in [-0.05, 0) is 25.0 Å². The van der Waals surface area contributed by atoms with Gasteiger partial charge < -0.3 is 9.73 Å². The molecule has 0 aromatic carbocycles. The van der Waals surface area contributed by atoms with Crippen LogP contribution in [0.5, 0.6) is 0 Å². The number of nitrogens with one attached hydrogen (secondary N) is 2. The second-order valence-corrected chi connectivity index (χ2v) is 5.69. The van der Waals surface area contributed by atoms with Gasteiger partial charge in [0.05, 0.1) is 6.26 Å². The highest BCUT2D eigenvalue weighted by molar-refractivity contribution is 5.81. The van der Waals surface area contributed by atoms with E-state index in [0.29, 0.717) is 0 Å². The van der Waals surface area contributed by atoms with Crippen LogP contribution >= 0.6 is 0 Å². The Morgan fingerprint density at radius 2 is 2.25 bits per heavy atom. The molecule has 1 saturated carbocycles. The highest BCUT2D eigenvalue weighted by Crippen LogP contribution is 2.43. The number of amides is 1. The van der Waals surface area contributed by atoms with Crippen LogP contribution in [0.3, 0.4) is 0 Å². The van der Waals surface area contributed by atoms with E-state index in [1.807, 2.05) is 0 Å². The number of furan rings is 1. The van der Waals surface area contributed by atoms with E-state index in [2.05, 4.69) is 20.7 Å². The van der Waals surface area contributed by atoms with E-state index in [4.69, 9.17) is 4.42 Å². The van der Waals surface area contributed by atoms with Crippen LogP contribution in [0.2, 0.25) is 0 Å². The van der Waals surface area contributed by atoms with Crippen LogP contribution in [0.15, 0.2) is 40.2 Å². The molecule has 2 aromatic rings. The number of fused-ring (bicyclic) bond motifs is 1. The predicted octanol–water partition coefficient (Wildman–Crippen LogP) is 1.70. The molecule has 0 radical (unpaired) electrons. The van der Waals surface area contributed by atoms with E-state index in [0.717, 1.165) is 30.1 Å². The number of hydrogen-bond acceptors (Lipinski definition) is 5. The molecule has 1 amide bonds. The Morgan fingerprint density at radius 3 is 2.88 bits per heavy atom. The van der Waals surface area contributed by atoms with Crippen molar-refractivity contribution in [2.45, 2.75) is 24.7 Å². The van der Waals surface area contributed by atoms with Crippen molar-refractivity contribution in [2.75, 3.05) is 10.7 Å². The summed E-state index contributed by atoms with van der Waals surface area (Å²) >= 11 is 0. The van der Waals surface area contributed by atoms with E-state index in [9.17, 15) is 18.0 Å². The largest absolute Gasteiger partial charge is 0.464 e. The van der Waals surface area contributed by atoms with E-state index in [1.165, 1.54) is 18.2 Å². The van der Waals surface area contributed by atoms with Gasteiger partial charge in [0.2, 0.25) is 0 Å². The Morgan fingerprint density at radius 1 is 1.46 bits per heavy atom. The minimum atomic E-state index is -4.70. The zero-order chi connectivity index (χ0) is 16.9. The lowest BCUT2D eigenvalue weighted by molar-refractivity contribution is -0.178. The molecule has 0 bridgehead atoms. The van der Waals surface area contributed by atoms with Crippen molar-refractivity contribution in [1.82, 2.24) is 9.66 Å². The normalized spacial score (nSPS) is 23.5. The topological polar surface area (TPSA) is 84.5 Å². The Bertz CT molecular complexity index is 854. The van der Waals surface area contributed by atoms with Crippen LogP contribution in [0.4, 0.5) is 19.0 Å². The summed E-state index contributed by atoms with van der Waals surface area (Å²) in [6.45, 7) is 0. The molecule has 2 aliphatic rings. The van der Waals surface area contributed by atoms with Crippen molar-refractivity contribution in [2.24, 2.45) is 10.9 Å². The fourth-order valence-corrected chi connectivity index (χ4v) is 2.47. The highest BCUT2D eigenvalue weighted by atomic mass is 19.4. The van der Waals surface area contributed by atoms with Crippen LogP contribution in [0.1, 0.15) is 18.6 Å². The lowest BCUT2D eigenvalue weighted by Gasteiger charge is -2.29. The zero-order valence-corrected chi connectivity index (χ0v) is 12.2. The molecule has 1 atom stereocenters. The van der Waals surface area contributed by atoms with Crippen LogP contribution in [0, 0.1) is 5.92 Å². The fourth-order valence-electron chi connectivity index (χ4n) is 2.47. The highest BCUT2D eigenvalue weighted by Gasteiger charge is 2.62. The third kappa shape index (κ3) is 2.25. The first-order valence-corrected chi connectivity index (χ1v) is 7.23. The molecule has 7 nitrogen and oxygen atoms in total. The van der Waals surface area contributed by atoms with Gasteiger partial charge in [-0.2, -0.15) is 18.2 Å². The minimum absolute atomic E-state index is 0.0601. The van der Waals surface area contributed by atoms with Crippen molar-refractivity contribution in [1.29, 1.82) is 0 Å². The maximum Gasteiger partial charge on any atom is 0.439 e. The molecule has 126 valence electrons. The molecule has 0 spiro atoms. The van der Waals surface area contributed by atoms with Gasteiger partial charge in [-0.15, -0.1) is 0 Å². The summed E-state index contributed by atoms with van der Waals surface area (Å²) in [6.07, 6.45) is -0.821. The van der Waals surface area contributed by atoms with Crippen molar-refractivity contribution < 1.29 is 22.4 Å². The van der Waals surface area contributed by atoms with Crippen molar-refractivity contribution in [3.8, 4) is 0 Å². The zero-order valence-electron chi connectivity index (χ0n) is 12.2. The van der Waals surface area contributed by atoms with E-state index in [-0.39, 0.29) is 28.9 Å². The Balaban J connectivity index is 1.73. The average molecular weight is 339 g/mol. The quantitative estimate of drug-likeness (QED) is 0.870. The predicted molar refractivity (Wildman–Crippen MR) is 74.9 cm³/mol. The summed E-state index contributed by atoms with van der Waals surface area (Å²) < 4.78 is 47.1. The summed E-state index contributed by atoms with van der Waals surface area (Å²) in [5.74, 6) is -0.657. The summed E-state index contributed by atoms with van der Waals surface area (Å²) in [7, 11) is 0. The maximum absolute atomic E-state index is 13.7. The Labute approximate surface area is 133 Å². The molecule has 0 saturated heterocycles. The molecular formula is C14H12F3N5O2. The average Bonchev–Trinajstić information content (AvgIpc) is 3.08. The first-order valence-electron chi connectivity index (χ1n) is 7.23. The van der Waals surface area contributed by atoms with Crippen LogP contribution in [-0.2, 0) is 10.5 Å². The number of hydrogen-bond donors (Lipinski definition) is 2. The van der Waals surface area contributed by atoms with Gasteiger partial charge in [-0.25, -0.2) is 9.66 Å². The fraction of sp³-hybridized carbons (Fsp3) is 0.357. The van der Waals surface area contributed by atoms with E-state index >= 15 is 0 Å². The molecule has 2 N–H and O–H groups in total. The summed E-state index contributed by atoms with van der Waals surface area (Å²) in [6, 6.07) is 3.87. The molecule has 1 aliphatic heterocycles. The number of aromatic nitrogens is 2. The number of rotatable bonds is 2. The van der Waals surface area contributed by atoms with Crippen molar-refractivity contribution >= 4 is 11.7 Å². The smallest absolute Gasteiger partial charge is 0.439 e. The SMILES string of the molecule is O=C(N=c1cc2n(cn1)NC(c1ccco1)(C(F)(F)F)N2)C1CC1. The number of carbonyl (C=O) groups is 1. The Kier molecular flexibility index (Phi) is 2.99. The number of anilines is 1. The number of halogens is 3. The van der Waals surface area contributed by atoms with Gasteiger partial charge in [0.15, 0.2) is 11.2 Å². The number of carbonyl (C=O) groups excluding carboxylic acids is 1. The lowest BCUT2D eigenvalue weighted by atomic mass is 10.1. The molecule has 10 heteroatoms. The second-order valence-electron chi connectivity index (χ2n) is 5.69. The standard InChI is InChI=1S/C14H12F3N5O2/c15-14(16,17)13(9-2-1-5-24-9)20-11-6-10(18-7-22(11)21-13)19-12(23)8-3-4-8/h1-2,5-8,20-21H,3-4H2. The third-order valence-corrected chi connectivity index (χ3v) is 3.90. The molecule has 2 aromatic heterocycles. The van der Waals surface area contributed by atoms with Gasteiger partial charge >= 0.3 is 6.18 Å². The van der Waals surface area contributed by atoms with Crippen molar-refractivity contribution in [3.63, 3.8) is 0 Å². The maximum atomic E-state index is 13.7. The number of alkyl halides is 3. The van der Waals surface area contributed by atoms with Gasteiger partial charge in [-0.1, -0.05) is 0 Å². The van der Waals surface area contributed by atoms with Crippen LogP contribution < -0.4 is 16.2 Å². The molecule has 3 heterocycles. The van der Waals surface area contributed by atoms with Crippen LogP contribution in [-0.4, -0.2) is 21.7 Å². The third-order valence-electron chi connectivity index (χ3n) is 3.90. The minimum Gasteiger partial charge on any atom is -0.464 e. The van der Waals surface area contributed by atoms with Gasteiger partial charge in [-0.3, -0.25) is 10.2 Å². The van der Waals surface area contributed by atoms with Crippen LogP contribution in [0.25, 0.3) is 0 Å². The van der Waals surface area contributed by atoms with E-state index < -0.39 is 11.8 Å². The summed E-state index contributed by atoms with van der Waals surface area (Å²) in [5.41, 5.74) is -0.257. The molecule has 4 rings (SSSR count). The monoisotopic (exact) mass is 339 g/mol. The van der Waals surface area contributed by atoms with E-state index in [1.54, 1.807) is 0 Å². The molecule has 1 unspecified atom stereocenters. The van der Waals surface area contributed by atoms with Crippen molar-refractivity contribution in [3.05, 3.63) is 42.0 Å². The molecule has 1 aliphatic carbocycles. The first kappa shape index (κ1) is 14.8. The molecular weight excluding hydrogens is 327 g/mol. The van der Waals surface area contributed by atoms with Gasteiger partial charge in [0.1, 0.15) is 12.1 Å².